The second kappa shape index (κ2) is 8.35. The van der Waals surface area contributed by atoms with Gasteiger partial charge in [0.2, 0.25) is 0 Å². The van der Waals surface area contributed by atoms with Gasteiger partial charge in [-0.2, -0.15) is 0 Å². The van der Waals surface area contributed by atoms with Crippen molar-refractivity contribution in [3.05, 3.63) is 71.8 Å². The van der Waals surface area contributed by atoms with Crippen molar-refractivity contribution in [2.75, 3.05) is 6.61 Å². The summed E-state index contributed by atoms with van der Waals surface area (Å²) in [6.45, 7) is 0.668. The van der Waals surface area contributed by atoms with E-state index in [1.807, 2.05) is 60.7 Å². The van der Waals surface area contributed by atoms with Crippen LogP contribution in [0.1, 0.15) is 11.1 Å². The van der Waals surface area contributed by atoms with Gasteiger partial charge in [-0.3, -0.25) is 0 Å². The lowest BCUT2D eigenvalue weighted by atomic mass is 10.1. The van der Waals surface area contributed by atoms with E-state index in [4.69, 9.17) is 14.2 Å². The smallest absolute Gasteiger partial charge is 0.184 e. The van der Waals surface area contributed by atoms with Crippen LogP contribution >= 0.6 is 0 Å². The maximum atomic E-state index is 14.4. The Hall–Kier alpha value is -1.79. The molecule has 1 saturated heterocycles. The molecule has 3 rings (SSSR count). The zero-order chi connectivity index (χ0) is 16.8. The number of hydrogen-bond donors (Lipinski definition) is 1. The Morgan fingerprint density at radius 2 is 1.50 bits per heavy atom. The third-order valence-electron chi connectivity index (χ3n) is 3.94. The Bertz CT molecular complexity index is 607. The van der Waals surface area contributed by atoms with E-state index in [9.17, 15) is 9.50 Å². The Morgan fingerprint density at radius 1 is 0.917 bits per heavy atom. The minimum Gasteiger partial charge on any atom is -0.374 e. The molecule has 1 aliphatic rings. The molecule has 5 heteroatoms. The van der Waals surface area contributed by atoms with Crippen LogP contribution in [0.3, 0.4) is 0 Å². The highest BCUT2D eigenvalue weighted by Crippen LogP contribution is 2.26. The van der Waals surface area contributed by atoms with Crippen molar-refractivity contribution >= 4 is 0 Å². The first kappa shape index (κ1) is 17.0. The first-order valence-corrected chi connectivity index (χ1v) is 7.99. The van der Waals surface area contributed by atoms with Gasteiger partial charge >= 0.3 is 0 Å². The molecule has 0 spiro atoms. The summed E-state index contributed by atoms with van der Waals surface area (Å²) >= 11 is 0. The molecular formula is C19H21FO4. The molecule has 1 aliphatic heterocycles. The summed E-state index contributed by atoms with van der Waals surface area (Å²) in [5, 5.41) is 9.88. The molecule has 0 aromatic heterocycles. The highest BCUT2D eigenvalue weighted by atomic mass is 19.1. The van der Waals surface area contributed by atoms with E-state index in [1.165, 1.54) is 0 Å². The van der Waals surface area contributed by atoms with Crippen molar-refractivity contribution < 1.29 is 23.7 Å². The van der Waals surface area contributed by atoms with Crippen LogP contribution in [0.25, 0.3) is 0 Å². The second-order valence-electron chi connectivity index (χ2n) is 5.77. The fourth-order valence-corrected chi connectivity index (χ4v) is 2.64. The molecule has 0 radical (unpaired) electrons. The average Bonchev–Trinajstić information content (AvgIpc) is 2.89. The van der Waals surface area contributed by atoms with E-state index in [1.54, 1.807) is 0 Å². The van der Waals surface area contributed by atoms with Crippen LogP contribution in [0.15, 0.2) is 60.7 Å². The number of ether oxygens (including phenoxy) is 3. The first-order chi connectivity index (χ1) is 11.7. The maximum Gasteiger partial charge on any atom is 0.184 e. The summed E-state index contributed by atoms with van der Waals surface area (Å²) in [4.78, 5) is 0. The van der Waals surface area contributed by atoms with Crippen molar-refractivity contribution in [3.63, 3.8) is 0 Å². The third kappa shape index (κ3) is 4.39. The Labute approximate surface area is 140 Å². The normalized spacial score (nSPS) is 26.6. The SMILES string of the molecule is OC1O[C@H](COCc2ccccc2)[C@H](F)[C@H]1OCc1ccccc1. The van der Waals surface area contributed by atoms with Gasteiger partial charge < -0.3 is 19.3 Å². The monoisotopic (exact) mass is 332 g/mol. The highest BCUT2D eigenvalue weighted by molar-refractivity contribution is 5.14. The van der Waals surface area contributed by atoms with Crippen LogP contribution in [0.5, 0.6) is 0 Å². The molecule has 2 aromatic rings. The van der Waals surface area contributed by atoms with Gasteiger partial charge in [-0.15, -0.1) is 0 Å². The van der Waals surface area contributed by atoms with Gasteiger partial charge in [0, 0.05) is 0 Å². The molecular weight excluding hydrogens is 311 g/mol. The van der Waals surface area contributed by atoms with Gasteiger partial charge in [-0.1, -0.05) is 60.7 Å². The fraction of sp³-hybridized carbons (Fsp3) is 0.368. The molecule has 128 valence electrons. The molecule has 4 atom stereocenters. The number of rotatable bonds is 7. The van der Waals surface area contributed by atoms with Crippen molar-refractivity contribution in [1.82, 2.24) is 0 Å². The number of halogens is 1. The van der Waals surface area contributed by atoms with Crippen LogP contribution in [-0.4, -0.2) is 36.4 Å². The molecule has 1 N–H and O–H groups in total. The molecule has 24 heavy (non-hydrogen) atoms. The zero-order valence-corrected chi connectivity index (χ0v) is 13.3. The summed E-state index contributed by atoms with van der Waals surface area (Å²) in [7, 11) is 0. The van der Waals surface area contributed by atoms with E-state index in [0.717, 1.165) is 11.1 Å². The van der Waals surface area contributed by atoms with E-state index in [0.29, 0.717) is 6.61 Å². The van der Waals surface area contributed by atoms with Crippen LogP contribution in [0.4, 0.5) is 4.39 Å². The van der Waals surface area contributed by atoms with Crippen LogP contribution in [0.2, 0.25) is 0 Å². The van der Waals surface area contributed by atoms with Gasteiger partial charge in [-0.25, -0.2) is 4.39 Å². The van der Waals surface area contributed by atoms with Crippen LogP contribution < -0.4 is 0 Å². The lowest BCUT2D eigenvalue weighted by molar-refractivity contribution is -0.152. The number of aliphatic hydroxyl groups is 1. The number of hydrogen-bond acceptors (Lipinski definition) is 4. The lowest BCUT2D eigenvalue weighted by Crippen LogP contribution is -2.33. The predicted molar refractivity (Wildman–Crippen MR) is 86.9 cm³/mol. The highest BCUT2D eigenvalue weighted by Gasteiger charge is 2.45. The number of aliphatic hydroxyl groups excluding tert-OH is 1. The standard InChI is InChI=1S/C19H21FO4/c20-17-16(13-22-11-14-7-3-1-4-8-14)24-19(21)18(17)23-12-15-9-5-2-6-10-15/h1-10,16-19,21H,11-13H2/t16-,17+,18-,19?/m1/s1. The topological polar surface area (TPSA) is 47.9 Å². The van der Waals surface area contributed by atoms with Crippen molar-refractivity contribution in [3.8, 4) is 0 Å². The summed E-state index contributed by atoms with van der Waals surface area (Å²) < 4.78 is 30.7. The minimum absolute atomic E-state index is 0.0678. The van der Waals surface area contributed by atoms with Gasteiger partial charge in [0.15, 0.2) is 12.5 Å². The molecule has 0 bridgehead atoms. The van der Waals surface area contributed by atoms with Crippen LogP contribution in [0, 0.1) is 0 Å². The lowest BCUT2D eigenvalue weighted by Gasteiger charge is -2.16. The van der Waals surface area contributed by atoms with E-state index in [2.05, 4.69) is 0 Å². The Balaban J connectivity index is 1.46. The van der Waals surface area contributed by atoms with Gasteiger partial charge in [0.05, 0.1) is 19.8 Å². The Morgan fingerprint density at radius 3 is 2.12 bits per heavy atom. The number of alkyl halides is 1. The Kier molecular flexibility index (Phi) is 5.93. The molecule has 0 amide bonds. The second-order valence-corrected chi connectivity index (χ2v) is 5.77. The fourth-order valence-electron chi connectivity index (χ4n) is 2.64. The average molecular weight is 332 g/mol. The molecule has 1 fully saturated rings. The van der Waals surface area contributed by atoms with Crippen molar-refractivity contribution in [2.45, 2.75) is 37.9 Å². The molecule has 0 saturated carbocycles. The molecule has 4 nitrogen and oxygen atoms in total. The summed E-state index contributed by atoms with van der Waals surface area (Å²) in [6, 6.07) is 19.1. The van der Waals surface area contributed by atoms with Crippen molar-refractivity contribution in [2.24, 2.45) is 0 Å². The van der Waals surface area contributed by atoms with E-state index >= 15 is 0 Å². The van der Waals surface area contributed by atoms with Gasteiger partial charge in [-0.05, 0) is 11.1 Å². The number of benzene rings is 2. The van der Waals surface area contributed by atoms with E-state index < -0.39 is 24.7 Å². The molecule has 1 heterocycles. The maximum absolute atomic E-state index is 14.4. The van der Waals surface area contributed by atoms with Gasteiger partial charge in [0.25, 0.3) is 0 Å². The zero-order valence-electron chi connectivity index (χ0n) is 13.3. The minimum atomic E-state index is -1.43. The largest absolute Gasteiger partial charge is 0.374 e. The summed E-state index contributed by atoms with van der Waals surface area (Å²) in [6.07, 6.45) is -4.55. The predicted octanol–water partition coefficient (Wildman–Crippen LogP) is 2.84. The molecule has 2 aromatic carbocycles. The quantitative estimate of drug-likeness (QED) is 0.847. The van der Waals surface area contributed by atoms with E-state index in [-0.39, 0.29) is 13.2 Å². The van der Waals surface area contributed by atoms with Gasteiger partial charge in [0.1, 0.15) is 12.2 Å². The van der Waals surface area contributed by atoms with Crippen molar-refractivity contribution in [1.29, 1.82) is 0 Å². The molecule has 1 unspecified atom stereocenters. The van der Waals surface area contributed by atoms with Crippen LogP contribution in [-0.2, 0) is 27.4 Å². The molecule has 0 aliphatic carbocycles. The third-order valence-corrected chi connectivity index (χ3v) is 3.94. The summed E-state index contributed by atoms with van der Waals surface area (Å²) in [5.74, 6) is 0. The summed E-state index contributed by atoms with van der Waals surface area (Å²) in [5.41, 5.74) is 1.92. The first-order valence-electron chi connectivity index (χ1n) is 7.99.